The smallest absolute Gasteiger partial charge is 0.387 e. The molecule has 1 aromatic rings. The third kappa shape index (κ3) is 4.56. The lowest BCUT2D eigenvalue weighted by Crippen LogP contribution is -2.13. The number of alkyl halides is 3. The highest BCUT2D eigenvalue weighted by Crippen LogP contribution is 2.22. The van der Waals surface area contributed by atoms with Crippen LogP contribution in [-0.2, 0) is 4.74 Å². The van der Waals surface area contributed by atoms with Gasteiger partial charge in [-0.25, -0.2) is 4.79 Å². The van der Waals surface area contributed by atoms with Crippen molar-refractivity contribution < 1.29 is 27.8 Å². The molecule has 7 heteroatoms. The van der Waals surface area contributed by atoms with E-state index in [4.69, 9.17) is 4.74 Å². The summed E-state index contributed by atoms with van der Waals surface area (Å²) >= 11 is 3.09. The zero-order chi connectivity index (χ0) is 15.3. The molecule has 0 aliphatic carbocycles. The second kappa shape index (κ2) is 7.33. The number of ether oxygens (including phenoxy) is 2. The van der Waals surface area contributed by atoms with E-state index in [0.29, 0.717) is 0 Å². The number of hydrogen-bond acceptors (Lipinski definition) is 4. The summed E-state index contributed by atoms with van der Waals surface area (Å²) in [5.74, 6) is -1.32. The molecule has 4 nitrogen and oxygen atoms in total. The first kappa shape index (κ1) is 16.6. The maximum atomic E-state index is 12.3. The Labute approximate surface area is 123 Å². The van der Waals surface area contributed by atoms with Crippen molar-refractivity contribution in [1.82, 2.24) is 0 Å². The number of Topliss-reactive ketones (excluding diaryl/α,β-unsaturated/α-hetero) is 1. The van der Waals surface area contributed by atoms with E-state index in [2.05, 4.69) is 20.7 Å². The van der Waals surface area contributed by atoms with Crippen LogP contribution < -0.4 is 4.74 Å². The molecule has 0 saturated heterocycles. The van der Waals surface area contributed by atoms with Gasteiger partial charge in [0, 0.05) is 5.56 Å². The van der Waals surface area contributed by atoms with Gasteiger partial charge in [-0.15, -0.1) is 0 Å². The van der Waals surface area contributed by atoms with Crippen LogP contribution in [0.25, 0.3) is 0 Å². The first-order chi connectivity index (χ1) is 9.35. The SMILES string of the molecule is CCOC(=O)c1cc(OC(F)F)cc(C(=O)C(C)Br)c1. The van der Waals surface area contributed by atoms with Crippen LogP contribution in [0.15, 0.2) is 18.2 Å². The van der Waals surface area contributed by atoms with E-state index in [9.17, 15) is 18.4 Å². The van der Waals surface area contributed by atoms with Crippen molar-refractivity contribution in [2.75, 3.05) is 6.61 Å². The highest BCUT2D eigenvalue weighted by Gasteiger charge is 2.18. The van der Waals surface area contributed by atoms with Gasteiger partial charge >= 0.3 is 12.6 Å². The number of carbonyl (C=O) groups is 2. The second-order valence-corrected chi connectivity index (χ2v) is 5.20. The average Bonchev–Trinajstić information content (AvgIpc) is 2.36. The highest BCUT2D eigenvalue weighted by atomic mass is 79.9. The Balaban J connectivity index is 3.20. The maximum absolute atomic E-state index is 12.3. The first-order valence-corrected chi connectivity index (χ1v) is 6.72. The number of esters is 1. The van der Waals surface area contributed by atoms with Crippen LogP contribution in [0.5, 0.6) is 5.75 Å². The number of benzene rings is 1. The predicted octanol–water partition coefficient (Wildman–Crippen LogP) is 3.43. The van der Waals surface area contributed by atoms with Gasteiger partial charge in [0.15, 0.2) is 5.78 Å². The van der Waals surface area contributed by atoms with Crippen LogP contribution in [-0.4, -0.2) is 29.8 Å². The zero-order valence-corrected chi connectivity index (χ0v) is 12.4. The Hall–Kier alpha value is -1.50. The molecule has 0 saturated carbocycles. The summed E-state index contributed by atoms with van der Waals surface area (Å²) in [6, 6.07) is 3.56. The first-order valence-electron chi connectivity index (χ1n) is 5.80. The fourth-order valence-electron chi connectivity index (χ4n) is 1.47. The van der Waals surface area contributed by atoms with Crippen molar-refractivity contribution in [3.05, 3.63) is 29.3 Å². The van der Waals surface area contributed by atoms with Gasteiger partial charge in [-0.05, 0) is 32.0 Å². The van der Waals surface area contributed by atoms with Crippen molar-refractivity contribution in [1.29, 1.82) is 0 Å². The Morgan fingerprint density at radius 1 is 1.25 bits per heavy atom. The summed E-state index contributed by atoms with van der Waals surface area (Å²) in [4.78, 5) is 23.0. The van der Waals surface area contributed by atoms with Crippen LogP contribution in [0.3, 0.4) is 0 Å². The van der Waals surface area contributed by atoms with Gasteiger partial charge in [0.1, 0.15) is 5.75 Å². The third-order valence-corrected chi connectivity index (χ3v) is 2.70. The molecule has 0 aliphatic heterocycles. The van der Waals surface area contributed by atoms with Gasteiger partial charge in [0.2, 0.25) is 0 Å². The Morgan fingerprint density at radius 2 is 1.85 bits per heavy atom. The predicted molar refractivity (Wildman–Crippen MR) is 71.8 cm³/mol. The van der Waals surface area contributed by atoms with Crippen LogP contribution >= 0.6 is 15.9 Å². The van der Waals surface area contributed by atoms with E-state index in [-0.39, 0.29) is 29.3 Å². The topological polar surface area (TPSA) is 52.6 Å². The van der Waals surface area contributed by atoms with E-state index in [1.807, 2.05) is 0 Å². The average molecular weight is 351 g/mol. The summed E-state index contributed by atoms with van der Waals surface area (Å²) in [7, 11) is 0. The van der Waals surface area contributed by atoms with E-state index >= 15 is 0 Å². The van der Waals surface area contributed by atoms with Gasteiger partial charge in [-0.3, -0.25) is 4.79 Å². The van der Waals surface area contributed by atoms with Gasteiger partial charge in [-0.2, -0.15) is 8.78 Å². The normalized spacial score (nSPS) is 12.1. The lowest BCUT2D eigenvalue weighted by Gasteiger charge is -2.10. The Kier molecular flexibility index (Phi) is 6.06. The molecular formula is C13H13BrF2O4. The second-order valence-electron chi connectivity index (χ2n) is 3.83. The summed E-state index contributed by atoms with van der Waals surface area (Å²) < 4.78 is 33.5. The molecule has 1 aromatic carbocycles. The van der Waals surface area contributed by atoms with Crippen LogP contribution in [0.4, 0.5) is 8.78 Å². The van der Waals surface area contributed by atoms with Gasteiger partial charge in [0.25, 0.3) is 0 Å². The minimum atomic E-state index is -3.04. The number of rotatable bonds is 6. The number of carbonyl (C=O) groups excluding carboxylic acids is 2. The molecule has 0 fully saturated rings. The van der Waals surface area contributed by atoms with Crippen molar-refractivity contribution >= 4 is 27.7 Å². The van der Waals surface area contributed by atoms with Crippen molar-refractivity contribution in [2.24, 2.45) is 0 Å². The van der Waals surface area contributed by atoms with Crippen LogP contribution in [0.1, 0.15) is 34.6 Å². The number of ketones is 1. The molecule has 1 atom stereocenters. The Bertz CT molecular complexity index is 503. The van der Waals surface area contributed by atoms with Crippen LogP contribution in [0, 0.1) is 0 Å². The van der Waals surface area contributed by atoms with Crippen molar-refractivity contribution in [3.8, 4) is 5.75 Å². The molecule has 0 bridgehead atoms. The summed E-state index contributed by atoms with van der Waals surface area (Å²) in [6.07, 6.45) is 0. The number of hydrogen-bond donors (Lipinski definition) is 0. The van der Waals surface area contributed by atoms with E-state index in [1.54, 1.807) is 13.8 Å². The number of halogens is 3. The molecule has 0 spiro atoms. The lowest BCUT2D eigenvalue weighted by atomic mass is 10.0. The minimum Gasteiger partial charge on any atom is -0.462 e. The molecule has 0 heterocycles. The molecule has 0 aliphatic rings. The fourth-order valence-corrected chi connectivity index (χ4v) is 1.74. The molecule has 1 rings (SSSR count). The van der Waals surface area contributed by atoms with E-state index in [0.717, 1.165) is 12.1 Å². The Morgan fingerprint density at radius 3 is 2.35 bits per heavy atom. The molecule has 110 valence electrons. The molecule has 0 N–H and O–H groups in total. The van der Waals surface area contributed by atoms with E-state index < -0.39 is 17.4 Å². The summed E-state index contributed by atoms with van der Waals surface area (Å²) in [5, 5.41) is 0. The molecule has 1 unspecified atom stereocenters. The fraction of sp³-hybridized carbons (Fsp3) is 0.385. The highest BCUT2D eigenvalue weighted by molar-refractivity contribution is 9.10. The van der Waals surface area contributed by atoms with Gasteiger partial charge < -0.3 is 9.47 Å². The molecule has 20 heavy (non-hydrogen) atoms. The van der Waals surface area contributed by atoms with Crippen molar-refractivity contribution in [3.63, 3.8) is 0 Å². The summed E-state index contributed by atoms with van der Waals surface area (Å²) in [5.41, 5.74) is 0.0806. The minimum absolute atomic E-state index is 0.0125. The molecular weight excluding hydrogens is 338 g/mol. The maximum Gasteiger partial charge on any atom is 0.387 e. The van der Waals surface area contributed by atoms with E-state index in [1.165, 1.54) is 6.07 Å². The molecule has 0 radical (unpaired) electrons. The van der Waals surface area contributed by atoms with Crippen LogP contribution in [0.2, 0.25) is 0 Å². The zero-order valence-electron chi connectivity index (χ0n) is 10.9. The standard InChI is InChI=1S/C13H13BrF2O4/c1-3-19-12(18)9-4-8(11(17)7(2)14)5-10(6-9)20-13(15)16/h4-7,13H,3H2,1-2H3. The largest absolute Gasteiger partial charge is 0.462 e. The summed E-state index contributed by atoms with van der Waals surface area (Å²) in [6.45, 7) is 0.297. The van der Waals surface area contributed by atoms with Gasteiger partial charge in [0.05, 0.1) is 17.0 Å². The lowest BCUT2D eigenvalue weighted by molar-refractivity contribution is -0.0499. The molecule has 0 aromatic heterocycles. The quantitative estimate of drug-likeness (QED) is 0.448. The van der Waals surface area contributed by atoms with Crippen molar-refractivity contribution in [2.45, 2.75) is 25.3 Å². The van der Waals surface area contributed by atoms with Gasteiger partial charge in [-0.1, -0.05) is 15.9 Å². The molecule has 0 amide bonds. The third-order valence-electron chi connectivity index (χ3n) is 2.29. The monoisotopic (exact) mass is 350 g/mol.